The Labute approximate surface area is 173 Å². The topological polar surface area (TPSA) is 106 Å². The van der Waals surface area contributed by atoms with Crippen LogP contribution < -0.4 is 10.5 Å². The van der Waals surface area contributed by atoms with Crippen LogP contribution in [0.15, 0.2) is 41.3 Å². The summed E-state index contributed by atoms with van der Waals surface area (Å²) in [4.78, 5) is 40.6. The molecule has 4 rings (SSSR count). The van der Waals surface area contributed by atoms with Gasteiger partial charge in [-0.05, 0) is 30.7 Å². The van der Waals surface area contributed by atoms with Crippen LogP contribution in [0.3, 0.4) is 0 Å². The highest BCUT2D eigenvalue weighted by molar-refractivity contribution is 5.81. The number of nitriles is 1. The van der Waals surface area contributed by atoms with E-state index in [1.807, 2.05) is 36.1 Å². The standard InChI is InChI=1S/C22H22N6O2/c1-15-3-2-4-17-21(15)22(30)26-18(25-17)6-8-20(29)28-11-9-27(10-12-28)19-7-5-16(13-23)14-24-19/h2-5,7,14H,6,8-12H2,1H3,(H,25,26,30). The summed E-state index contributed by atoms with van der Waals surface area (Å²) in [6.07, 6.45) is 2.26. The van der Waals surface area contributed by atoms with Gasteiger partial charge in [0, 0.05) is 45.2 Å². The number of nitrogens with one attached hydrogen (secondary N) is 1. The van der Waals surface area contributed by atoms with E-state index >= 15 is 0 Å². The van der Waals surface area contributed by atoms with E-state index in [0.29, 0.717) is 61.3 Å². The SMILES string of the molecule is Cc1cccc2nc(CCC(=O)N3CCN(c4ccc(C#N)cn4)CC3)[nH]c(=O)c12. The molecule has 0 spiro atoms. The van der Waals surface area contributed by atoms with Crippen molar-refractivity contribution in [3.8, 4) is 6.07 Å². The predicted octanol–water partition coefficient (Wildman–Crippen LogP) is 1.78. The minimum absolute atomic E-state index is 0.0504. The molecule has 8 heteroatoms. The number of rotatable bonds is 4. The number of nitrogens with zero attached hydrogens (tertiary/aromatic N) is 5. The van der Waals surface area contributed by atoms with Crippen molar-refractivity contribution in [2.45, 2.75) is 19.8 Å². The van der Waals surface area contributed by atoms with Crippen LogP contribution in [-0.4, -0.2) is 51.9 Å². The fourth-order valence-corrected chi connectivity index (χ4v) is 3.73. The highest BCUT2D eigenvalue weighted by Gasteiger charge is 2.22. The first kappa shape index (κ1) is 19.6. The van der Waals surface area contributed by atoms with Crippen LogP contribution >= 0.6 is 0 Å². The Hall–Kier alpha value is -3.73. The molecule has 152 valence electrons. The predicted molar refractivity (Wildman–Crippen MR) is 113 cm³/mol. The molecule has 2 aromatic heterocycles. The molecule has 3 heterocycles. The summed E-state index contributed by atoms with van der Waals surface area (Å²) < 4.78 is 0. The number of carbonyl (C=O) groups excluding carboxylic acids is 1. The quantitative estimate of drug-likeness (QED) is 0.713. The molecule has 0 unspecified atom stereocenters. The average Bonchev–Trinajstić information content (AvgIpc) is 2.77. The number of aromatic nitrogens is 3. The van der Waals surface area contributed by atoms with Gasteiger partial charge < -0.3 is 14.8 Å². The molecular weight excluding hydrogens is 380 g/mol. The van der Waals surface area contributed by atoms with Crippen molar-refractivity contribution in [2.75, 3.05) is 31.1 Å². The Kier molecular flexibility index (Phi) is 5.44. The summed E-state index contributed by atoms with van der Waals surface area (Å²) >= 11 is 0. The first-order valence-corrected chi connectivity index (χ1v) is 9.92. The van der Waals surface area contributed by atoms with Gasteiger partial charge in [0.15, 0.2) is 0 Å². The van der Waals surface area contributed by atoms with E-state index in [0.717, 1.165) is 11.4 Å². The van der Waals surface area contributed by atoms with Crippen molar-refractivity contribution in [3.63, 3.8) is 0 Å². The minimum Gasteiger partial charge on any atom is -0.353 e. The van der Waals surface area contributed by atoms with Crippen molar-refractivity contribution in [2.24, 2.45) is 0 Å². The number of piperazine rings is 1. The Morgan fingerprint density at radius 1 is 1.20 bits per heavy atom. The summed E-state index contributed by atoms with van der Waals surface area (Å²) in [5.74, 6) is 1.40. The van der Waals surface area contributed by atoms with Crippen LogP contribution in [0.1, 0.15) is 23.4 Å². The lowest BCUT2D eigenvalue weighted by molar-refractivity contribution is -0.131. The smallest absolute Gasteiger partial charge is 0.259 e. The molecule has 1 saturated heterocycles. The van der Waals surface area contributed by atoms with Crippen molar-refractivity contribution in [1.29, 1.82) is 5.26 Å². The minimum atomic E-state index is -0.163. The largest absolute Gasteiger partial charge is 0.353 e. The highest BCUT2D eigenvalue weighted by atomic mass is 16.2. The first-order valence-electron chi connectivity index (χ1n) is 9.92. The monoisotopic (exact) mass is 402 g/mol. The van der Waals surface area contributed by atoms with Crippen molar-refractivity contribution in [1.82, 2.24) is 19.9 Å². The van der Waals surface area contributed by atoms with Crippen LogP contribution in [0.2, 0.25) is 0 Å². The zero-order valence-electron chi connectivity index (χ0n) is 16.8. The molecule has 0 aliphatic carbocycles. The molecule has 0 bridgehead atoms. The number of aromatic amines is 1. The van der Waals surface area contributed by atoms with Gasteiger partial charge in [0.25, 0.3) is 5.56 Å². The molecule has 0 atom stereocenters. The number of fused-ring (bicyclic) bond motifs is 1. The number of H-pyrrole nitrogens is 1. The van der Waals surface area contributed by atoms with Gasteiger partial charge in [-0.1, -0.05) is 12.1 Å². The van der Waals surface area contributed by atoms with Crippen LogP contribution in [0.4, 0.5) is 5.82 Å². The van der Waals surface area contributed by atoms with Crippen molar-refractivity contribution < 1.29 is 4.79 Å². The Morgan fingerprint density at radius 2 is 2.00 bits per heavy atom. The second-order valence-electron chi connectivity index (χ2n) is 7.37. The third-order valence-electron chi connectivity index (χ3n) is 5.40. The number of benzene rings is 1. The number of anilines is 1. The van der Waals surface area contributed by atoms with Gasteiger partial charge in [-0.25, -0.2) is 9.97 Å². The molecule has 1 fully saturated rings. The molecule has 8 nitrogen and oxygen atoms in total. The van der Waals surface area contributed by atoms with Gasteiger partial charge in [-0.2, -0.15) is 5.26 Å². The second-order valence-corrected chi connectivity index (χ2v) is 7.37. The van der Waals surface area contributed by atoms with Gasteiger partial charge in [0.1, 0.15) is 17.7 Å². The number of aryl methyl sites for hydroxylation is 2. The van der Waals surface area contributed by atoms with E-state index < -0.39 is 0 Å². The molecule has 0 saturated carbocycles. The number of amides is 1. The van der Waals surface area contributed by atoms with Crippen LogP contribution in [0, 0.1) is 18.3 Å². The van der Waals surface area contributed by atoms with Crippen molar-refractivity contribution >= 4 is 22.6 Å². The molecule has 1 aliphatic heterocycles. The van der Waals surface area contributed by atoms with E-state index in [-0.39, 0.29) is 11.5 Å². The first-order chi connectivity index (χ1) is 14.5. The highest BCUT2D eigenvalue weighted by Crippen LogP contribution is 2.15. The molecule has 0 radical (unpaired) electrons. The molecule has 3 aromatic rings. The van der Waals surface area contributed by atoms with E-state index in [1.54, 1.807) is 12.3 Å². The maximum atomic E-state index is 12.6. The van der Waals surface area contributed by atoms with Crippen molar-refractivity contribution in [3.05, 3.63) is 63.8 Å². The summed E-state index contributed by atoms with van der Waals surface area (Å²) in [5, 5.41) is 9.47. The summed E-state index contributed by atoms with van der Waals surface area (Å²) in [7, 11) is 0. The van der Waals surface area contributed by atoms with Gasteiger partial charge >= 0.3 is 0 Å². The molecule has 1 aliphatic rings. The van der Waals surface area contributed by atoms with E-state index in [9.17, 15) is 9.59 Å². The Bertz CT molecular complexity index is 1170. The maximum Gasteiger partial charge on any atom is 0.259 e. The van der Waals surface area contributed by atoms with Crippen LogP contribution in [0.25, 0.3) is 10.9 Å². The average molecular weight is 402 g/mol. The number of pyridine rings is 1. The van der Waals surface area contributed by atoms with Gasteiger partial charge in [-0.3, -0.25) is 9.59 Å². The second kappa shape index (κ2) is 8.33. The van der Waals surface area contributed by atoms with Gasteiger partial charge in [0.2, 0.25) is 5.91 Å². The molecule has 30 heavy (non-hydrogen) atoms. The molecule has 1 aromatic carbocycles. The normalized spacial score (nSPS) is 14.0. The van der Waals surface area contributed by atoms with E-state index in [1.165, 1.54) is 0 Å². The van der Waals surface area contributed by atoms with Crippen LogP contribution in [0.5, 0.6) is 0 Å². The zero-order valence-corrected chi connectivity index (χ0v) is 16.8. The number of carbonyl (C=O) groups is 1. The molecular formula is C22H22N6O2. The summed E-state index contributed by atoms with van der Waals surface area (Å²) in [6, 6.07) is 11.2. The Morgan fingerprint density at radius 3 is 2.70 bits per heavy atom. The van der Waals surface area contributed by atoms with E-state index in [2.05, 4.69) is 25.9 Å². The molecule has 1 amide bonds. The Balaban J connectivity index is 1.34. The number of hydrogen-bond donors (Lipinski definition) is 1. The fraction of sp³-hybridized carbons (Fsp3) is 0.318. The van der Waals surface area contributed by atoms with Gasteiger partial charge in [-0.15, -0.1) is 0 Å². The van der Waals surface area contributed by atoms with E-state index in [4.69, 9.17) is 5.26 Å². The maximum absolute atomic E-state index is 12.6. The van der Waals surface area contributed by atoms with Crippen LogP contribution in [-0.2, 0) is 11.2 Å². The zero-order chi connectivity index (χ0) is 21.1. The third-order valence-corrected chi connectivity index (χ3v) is 5.40. The molecule has 1 N–H and O–H groups in total. The summed E-state index contributed by atoms with van der Waals surface area (Å²) in [5.41, 5.74) is 1.91. The van der Waals surface area contributed by atoms with Gasteiger partial charge in [0.05, 0.1) is 16.5 Å². The lowest BCUT2D eigenvalue weighted by Crippen LogP contribution is -2.49. The lowest BCUT2D eigenvalue weighted by Gasteiger charge is -2.35. The fourth-order valence-electron chi connectivity index (χ4n) is 3.73. The third kappa shape index (κ3) is 4.01. The number of hydrogen-bond acceptors (Lipinski definition) is 6. The summed E-state index contributed by atoms with van der Waals surface area (Å²) in [6.45, 7) is 4.49. The lowest BCUT2D eigenvalue weighted by atomic mass is 10.1.